The van der Waals surface area contributed by atoms with Gasteiger partial charge in [0.1, 0.15) is 5.01 Å². The summed E-state index contributed by atoms with van der Waals surface area (Å²) in [5.41, 5.74) is 4.48. The van der Waals surface area contributed by atoms with Crippen molar-refractivity contribution < 1.29 is 4.92 Å². The zero-order valence-electron chi connectivity index (χ0n) is 15.2. The third-order valence-corrected chi connectivity index (χ3v) is 5.42. The Balaban J connectivity index is 1.77. The van der Waals surface area contributed by atoms with Crippen molar-refractivity contribution in [1.29, 1.82) is 0 Å². The first-order valence-corrected chi connectivity index (χ1v) is 9.61. The maximum Gasteiger partial charge on any atom is 0.269 e. The molecule has 2 aromatic carbocycles. The largest absolute Gasteiger partial charge is 0.269 e. The summed E-state index contributed by atoms with van der Waals surface area (Å²) in [7, 11) is 0. The van der Waals surface area contributed by atoms with Crippen molar-refractivity contribution in [2.45, 2.75) is 33.1 Å². The topological polar surface area (TPSA) is 56.0 Å². The highest BCUT2D eigenvalue weighted by Gasteiger charge is 2.14. The molecule has 0 N–H and O–H groups in total. The molecule has 0 saturated heterocycles. The molecule has 0 saturated carbocycles. The molecule has 0 spiro atoms. The number of nitro benzene ring substituents is 1. The normalized spacial score (nSPS) is 12.3. The van der Waals surface area contributed by atoms with Crippen molar-refractivity contribution in [3.05, 3.63) is 80.2 Å². The van der Waals surface area contributed by atoms with E-state index in [1.165, 1.54) is 23.3 Å². The fraction of sp³-hybridized carbons (Fsp3) is 0.286. The van der Waals surface area contributed by atoms with Crippen LogP contribution in [0.2, 0.25) is 0 Å². The molecule has 0 aliphatic rings. The van der Waals surface area contributed by atoms with Crippen LogP contribution in [-0.2, 0) is 6.42 Å². The first-order chi connectivity index (χ1) is 12.4. The highest BCUT2D eigenvalue weighted by molar-refractivity contribution is 7.10. The monoisotopic (exact) mass is 366 g/mol. The Morgan fingerprint density at radius 3 is 2.27 bits per heavy atom. The van der Waals surface area contributed by atoms with Gasteiger partial charge in [-0.15, -0.1) is 11.3 Å². The van der Waals surface area contributed by atoms with E-state index in [9.17, 15) is 10.1 Å². The third-order valence-electron chi connectivity index (χ3n) is 4.39. The van der Waals surface area contributed by atoms with Gasteiger partial charge in [-0.2, -0.15) is 0 Å². The average molecular weight is 366 g/mol. The molecule has 0 radical (unpaired) electrons. The van der Waals surface area contributed by atoms with Crippen LogP contribution in [-0.4, -0.2) is 9.91 Å². The molecule has 0 aliphatic carbocycles. The Hall–Kier alpha value is -2.53. The van der Waals surface area contributed by atoms with Crippen LogP contribution < -0.4 is 0 Å². The van der Waals surface area contributed by atoms with Crippen LogP contribution in [0.3, 0.4) is 0 Å². The van der Waals surface area contributed by atoms with Crippen molar-refractivity contribution in [1.82, 2.24) is 4.98 Å². The summed E-state index contributed by atoms with van der Waals surface area (Å²) in [5, 5.41) is 13.8. The summed E-state index contributed by atoms with van der Waals surface area (Å²) in [6.07, 6.45) is 1.09. The summed E-state index contributed by atoms with van der Waals surface area (Å²) in [6, 6.07) is 15.3. The summed E-state index contributed by atoms with van der Waals surface area (Å²) in [4.78, 5) is 15.1. The van der Waals surface area contributed by atoms with E-state index in [2.05, 4.69) is 45.0 Å². The van der Waals surface area contributed by atoms with Gasteiger partial charge in [0.2, 0.25) is 0 Å². The van der Waals surface area contributed by atoms with Crippen molar-refractivity contribution in [2.75, 3.05) is 0 Å². The van der Waals surface area contributed by atoms with E-state index in [-0.39, 0.29) is 16.5 Å². The molecule has 0 bridgehead atoms. The molecule has 3 rings (SSSR count). The second-order valence-corrected chi connectivity index (χ2v) is 7.83. The summed E-state index contributed by atoms with van der Waals surface area (Å²) >= 11 is 1.63. The molecule has 1 heterocycles. The number of nitro groups is 1. The van der Waals surface area contributed by atoms with Crippen LogP contribution in [0.5, 0.6) is 0 Å². The molecular weight excluding hydrogens is 344 g/mol. The molecule has 5 heteroatoms. The summed E-state index contributed by atoms with van der Waals surface area (Å²) in [6.45, 7) is 6.62. The van der Waals surface area contributed by atoms with Crippen molar-refractivity contribution in [3.8, 4) is 11.3 Å². The number of hydrogen-bond donors (Lipinski definition) is 0. The zero-order valence-corrected chi connectivity index (χ0v) is 16.0. The van der Waals surface area contributed by atoms with Crippen molar-refractivity contribution in [3.63, 3.8) is 0 Å². The fourth-order valence-corrected chi connectivity index (χ4v) is 3.84. The fourth-order valence-electron chi connectivity index (χ4n) is 2.93. The highest BCUT2D eigenvalue weighted by atomic mass is 32.1. The molecule has 26 heavy (non-hydrogen) atoms. The quantitative estimate of drug-likeness (QED) is 0.393. The Morgan fingerprint density at radius 2 is 1.69 bits per heavy atom. The van der Waals surface area contributed by atoms with Crippen LogP contribution in [0.15, 0.2) is 53.9 Å². The molecule has 0 amide bonds. The van der Waals surface area contributed by atoms with Gasteiger partial charge in [-0.05, 0) is 35.6 Å². The highest BCUT2D eigenvalue weighted by Crippen LogP contribution is 2.31. The van der Waals surface area contributed by atoms with Gasteiger partial charge in [-0.3, -0.25) is 10.1 Å². The Kier molecular flexibility index (Phi) is 5.47. The lowest BCUT2D eigenvalue weighted by Gasteiger charge is -2.11. The first kappa shape index (κ1) is 18.3. The number of non-ortho nitro benzene ring substituents is 1. The van der Waals surface area contributed by atoms with Crippen LogP contribution in [0.25, 0.3) is 11.3 Å². The Bertz CT molecular complexity index is 883. The Labute approximate surface area is 157 Å². The van der Waals surface area contributed by atoms with E-state index in [4.69, 9.17) is 4.98 Å². The van der Waals surface area contributed by atoms with E-state index >= 15 is 0 Å². The number of benzene rings is 2. The first-order valence-electron chi connectivity index (χ1n) is 8.73. The van der Waals surface area contributed by atoms with Gasteiger partial charge in [0.25, 0.3) is 5.69 Å². The SMILES string of the molecule is CC(C)Cc1ccc([C@H](C)c2nc(-c3ccc([N+](=O)[O-])cc3)cs2)cc1. The van der Waals surface area contributed by atoms with Crippen LogP contribution >= 0.6 is 11.3 Å². The van der Waals surface area contributed by atoms with E-state index in [1.807, 2.05) is 5.38 Å². The molecule has 1 aromatic heterocycles. The van der Waals surface area contributed by atoms with Crippen LogP contribution in [0.1, 0.15) is 42.8 Å². The van der Waals surface area contributed by atoms with Gasteiger partial charge in [0.05, 0.1) is 10.6 Å². The summed E-state index contributed by atoms with van der Waals surface area (Å²) in [5.74, 6) is 0.876. The van der Waals surface area contributed by atoms with Gasteiger partial charge >= 0.3 is 0 Å². The van der Waals surface area contributed by atoms with E-state index in [0.717, 1.165) is 22.7 Å². The molecule has 4 nitrogen and oxygen atoms in total. The van der Waals surface area contributed by atoms with Gasteiger partial charge in [-0.1, -0.05) is 45.0 Å². The molecule has 1 atom stereocenters. The second kappa shape index (κ2) is 7.79. The molecule has 3 aromatic rings. The molecule has 0 aliphatic heterocycles. The molecule has 0 unspecified atom stereocenters. The number of aromatic nitrogens is 1. The smallest absolute Gasteiger partial charge is 0.258 e. The summed E-state index contributed by atoms with van der Waals surface area (Å²) < 4.78 is 0. The van der Waals surface area contributed by atoms with E-state index in [1.54, 1.807) is 23.5 Å². The zero-order chi connectivity index (χ0) is 18.7. The minimum Gasteiger partial charge on any atom is -0.258 e. The van der Waals surface area contributed by atoms with Crippen LogP contribution in [0, 0.1) is 16.0 Å². The molecular formula is C21H22N2O2S. The number of rotatable bonds is 6. The Morgan fingerprint density at radius 1 is 1.04 bits per heavy atom. The minimum absolute atomic E-state index is 0.0964. The van der Waals surface area contributed by atoms with Gasteiger partial charge in [-0.25, -0.2) is 4.98 Å². The van der Waals surface area contributed by atoms with Crippen LogP contribution in [0.4, 0.5) is 5.69 Å². The number of hydrogen-bond acceptors (Lipinski definition) is 4. The lowest BCUT2D eigenvalue weighted by Crippen LogP contribution is -1.98. The minimum atomic E-state index is -0.388. The predicted octanol–water partition coefficient (Wildman–Crippen LogP) is 6.07. The standard InChI is InChI=1S/C21H22N2O2S/c1-14(2)12-16-4-6-17(7-5-16)15(3)21-22-20(13-26-21)18-8-10-19(11-9-18)23(24)25/h4-11,13-15H,12H2,1-3H3/t15-/m0/s1. The molecule has 134 valence electrons. The van der Waals surface area contributed by atoms with Gasteiger partial charge in [0, 0.05) is 29.0 Å². The maximum atomic E-state index is 10.8. The van der Waals surface area contributed by atoms with E-state index < -0.39 is 0 Å². The van der Waals surface area contributed by atoms with Gasteiger partial charge < -0.3 is 0 Å². The average Bonchev–Trinajstić information content (AvgIpc) is 3.11. The van der Waals surface area contributed by atoms with Crippen molar-refractivity contribution >= 4 is 17.0 Å². The predicted molar refractivity (Wildman–Crippen MR) is 107 cm³/mol. The second-order valence-electron chi connectivity index (χ2n) is 6.94. The lowest BCUT2D eigenvalue weighted by molar-refractivity contribution is -0.384. The van der Waals surface area contributed by atoms with Gasteiger partial charge in [0.15, 0.2) is 0 Å². The number of thiazole rings is 1. The van der Waals surface area contributed by atoms with Crippen molar-refractivity contribution in [2.24, 2.45) is 5.92 Å². The number of nitrogens with zero attached hydrogens (tertiary/aromatic N) is 2. The third kappa shape index (κ3) is 4.17. The van der Waals surface area contributed by atoms with E-state index in [0.29, 0.717) is 5.92 Å². The molecule has 0 fully saturated rings. The lowest BCUT2D eigenvalue weighted by atomic mass is 9.97. The maximum absolute atomic E-state index is 10.8.